The van der Waals surface area contributed by atoms with Gasteiger partial charge in [-0.15, -0.1) is 10.2 Å². The summed E-state index contributed by atoms with van der Waals surface area (Å²) in [5.41, 5.74) is 2.24. The van der Waals surface area contributed by atoms with E-state index in [-0.39, 0.29) is 5.69 Å². The van der Waals surface area contributed by atoms with Crippen LogP contribution in [0.15, 0.2) is 47.3 Å². The smallest absolute Gasteiger partial charge is 0.172 e. The number of aromatic nitrogens is 4. The van der Waals surface area contributed by atoms with Crippen molar-refractivity contribution < 1.29 is 9.21 Å². The summed E-state index contributed by atoms with van der Waals surface area (Å²) in [5.74, 6) is 0. The van der Waals surface area contributed by atoms with Gasteiger partial charge in [0.05, 0.1) is 6.26 Å². The molecule has 0 aliphatic rings. The summed E-state index contributed by atoms with van der Waals surface area (Å²) in [6.45, 7) is 0. The van der Waals surface area contributed by atoms with Gasteiger partial charge in [-0.2, -0.15) is 0 Å². The van der Waals surface area contributed by atoms with Crippen molar-refractivity contribution in [2.24, 2.45) is 0 Å². The Balaban J connectivity index is 1.82. The lowest BCUT2D eigenvalue weighted by Gasteiger charge is -1.97. The van der Waals surface area contributed by atoms with Crippen LogP contribution in [0.5, 0.6) is 0 Å². The highest BCUT2D eigenvalue weighted by atomic mass is 32.1. The molecule has 0 aromatic carbocycles. The Kier molecular flexibility index (Phi) is 2.97. The van der Waals surface area contributed by atoms with E-state index in [4.69, 9.17) is 4.42 Å². The first kappa shape index (κ1) is 12.8. The van der Waals surface area contributed by atoms with Crippen molar-refractivity contribution in [1.29, 1.82) is 0 Å². The van der Waals surface area contributed by atoms with Gasteiger partial charge in [0.1, 0.15) is 16.4 Å². The van der Waals surface area contributed by atoms with Crippen LogP contribution >= 0.6 is 11.3 Å². The SMILES string of the molecule is O=Cc1nc(-c2nnc(-c3cccnc3)s2)cc2ccoc12. The van der Waals surface area contributed by atoms with Crippen molar-refractivity contribution in [2.75, 3.05) is 0 Å². The van der Waals surface area contributed by atoms with Crippen LogP contribution in [0.2, 0.25) is 0 Å². The number of carbonyl (C=O) groups excluding carboxylic acids is 1. The molecule has 0 saturated carbocycles. The third kappa shape index (κ3) is 2.08. The average molecular weight is 308 g/mol. The second kappa shape index (κ2) is 5.12. The first-order valence-electron chi connectivity index (χ1n) is 6.43. The monoisotopic (exact) mass is 308 g/mol. The maximum atomic E-state index is 11.2. The number of furan rings is 1. The van der Waals surface area contributed by atoms with Crippen molar-refractivity contribution in [3.05, 3.63) is 48.6 Å². The summed E-state index contributed by atoms with van der Waals surface area (Å²) in [6.07, 6.45) is 5.65. The maximum Gasteiger partial charge on any atom is 0.172 e. The lowest BCUT2D eigenvalue weighted by molar-refractivity contribution is 0.112. The van der Waals surface area contributed by atoms with Gasteiger partial charge in [0.25, 0.3) is 0 Å². The molecule has 0 saturated heterocycles. The molecule has 0 aliphatic carbocycles. The first-order chi connectivity index (χ1) is 10.8. The molecule has 0 fully saturated rings. The molecule has 106 valence electrons. The summed E-state index contributed by atoms with van der Waals surface area (Å²) in [6, 6.07) is 7.38. The summed E-state index contributed by atoms with van der Waals surface area (Å²) in [4.78, 5) is 19.5. The zero-order valence-electron chi connectivity index (χ0n) is 11.1. The molecule has 4 aromatic rings. The van der Waals surface area contributed by atoms with E-state index in [9.17, 15) is 4.79 Å². The average Bonchev–Trinajstić information content (AvgIpc) is 3.23. The number of pyridine rings is 2. The number of carbonyl (C=O) groups is 1. The van der Waals surface area contributed by atoms with Gasteiger partial charge in [-0.05, 0) is 24.3 Å². The predicted octanol–water partition coefficient (Wildman–Crippen LogP) is 3.22. The number of aldehydes is 1. The predicted molar refractivity (Wildman–Crippen MR) is 81.5 cm³/mol. The van der Waals surface area contributed by atoms with Crippen LogP contribution in [-0.4, -0.2) is 26.5 Å². The van der Waals surface area contributed by atoms with Crippen LogP contribution in [0.3, 0.4) is 0 Å². The van der Waals surface area contributed by atoms with E-state index in [0.717, 1.165) is 16.0 Å². The number of hydrogen-bond acceptors (Lipinski definition) is 7. The molecular formula is C15H8N4O2S. The fourth-order valence-corrected chi connectivity index (χ4v) is 2.92. The fourth-order valence-electron chi connectivity index (χ4n) is 2.12. The van der Waals surface area contributed by atoms with E-state index in [1.54, 1.807) is 18.5 Å². The largest absolute Gasteiger partial charge is 0.462 e. The van der Waals surface area contributed by atoms with Gasteiger partial charge in [0.2, 0.25) is 0 Å². The molecular weight excluding hydrogens is 300 g/mol. The van der Waals surface area contributed by atoms with Crippen LogP contribution in [0.4, 0.5) is 0 Å². The normalized spacial score (nSPS) is 10.9. The molecule has 6 nitrogen and oxygen atoms in total. The summed E-state index contributed by atoms with van der Waals surface area (Å²) in [7, 11) is 0. The van der Waals surface area contributed by atoms with Crippen LogP contribution in [0.1, 0.15) is 10.5 Å². The van der Waals surface area contributed by atoms with Gasteiger partial charge in [0, 0.05) is 23.3 Å². The van der Waals surface area contributed by atoms with Crippen molar-refractivity contribution >= 4 is 28.6 Å². The van der Waals surface area contributed by atoms with Gasteiger partial charge in [-0.1, -0.05) is 11.3 Å². The number of rotatable bonds is 3. The van der Waals surface area contributed by atoms with Gasteiger partial charge in [-0.3, -0.25) is 9.78 Å². The molecule has 0 atom stereocenters. The van der Waals surface area contributed by atoms with Crippen LogP contribution in [0.25, 0.3) is 32.2 Å². The Morgan fingerprint density at radius 3 is 2.91 bits per heavy atom. The van der Waals surface area contributed by atoms with Gasteiger partial charge in [0.15, 0.2) is 16.9 Å². The fraction of sp³-hybridized carbons (Fsp3) is 0. The molecule has 0 spiro atoms. The van der Waals surface area contributed by atoms with E-state index in [0.29, 0.717) is 22.6 Å². The minimum absolute atomic E-state index is 0.260. The Hall–Kier alpha value is -2.93. The minimum Gasteiger partial charge on any atom is -0.462 e. The molecule has 22 heavy (non-hydrogen) atoms. The van der Waals surface area contributed by atoms with Crippen LogP contribution in [-0.2, 0) is 0 Å². The van der Waals surface area contributed by atoms with Crippen LogP contribution in [0, 0.1) is 0 Å². The molecule has 0 bridgehead atoms. The van der Waals surface area contributed by atoms with Crippen molar-refractivity contribution in [1.82, 2.24) is 20.2 Å². The van der Waals surface area contributed by atoms with Gasteiger partial charge < -0.3 is 4.42 Å². The third-order valence-corrected chi connectivity index (χ3v) is 4.12. The highest BCUT2D eigenvalue weighted by Gasteiger charge is 2.14. The molecule has 4 aromatic heterocycles. The Bertz CT molecular complexity index is 962. The van der Waals surface area contributed by atoms with Gasteiger partial charge >= 0.3 is 0 Å². The zero-order chi connectivity index (χ0) is 14.9. The van der Waals surface area contributed by atoms with Gasteiger partial charge in [-0.25, -0.2) is 4.98 Å². The number of fused-ring (bicyclic) bond motifs is 1. The van der Waals surface area contributed by atoms with Crippen LogP contribution < -0.4 is 0 Å². The van der Waals surface area contributed by atoms with E-state index >= 15 is 0 Å². The highest BCUT2D eigenvalue weighted by Crippen LogP contribution is 2.30. The van der Waals surface area contributed by atoms with Crippen molar-refractivity contribution in [2.45, 2.75) is 0 Å². The number of hydrogen-bond donors (Lipinski definition) is 0. The highest BCUT2D eigenvalue weighted by molar-refractivity contribution is 7.17. The lowest BCUT2D eigenvalue weighted by atomic mass is 10.2. The van der Waals surface area contributed by atoms with Crippen molar-refractivity contribution in [3.8, 4) is 21.3 Å². The second-order valence-corrected chi connectivity index (χ2v) is 5.48. The zero-order valence-corrected chi connectivity index (χ0v) is 11.9. The maximum absolute atomic E-state index is 11.2. The Morgan fingerprint density at radius 1 is 1.18 bits per heavy atom. The van der Waals surface area contributed by atoms with E-state index in [1.165, 1.54) is 17.6 Å². The Labute approximate surface area is 128 Å². The summed E-state index contributed by atoms with van der Waals surface area (Å²) < 4.78 is 5.27. The number of nitrogens with zero attached hydrogens (tertiary/aromatic N) is 4. The first-order valence-corrected chi connectivity index (χ1v) is 7.24. The molecule has 0 radical (unpaired) electrons. The standard InChI is InChI=1S/C15H8N4O2S/c20-8-12-13-9(3-5-21-13)6-11(17-12)15-19-18-14(22-15)10-2-1-4-16-7-10/h1-8H. The second-order valence-electron chi connectivity index (χ2n) is 4.50. The van der Waals surface area contributed by atoms with E-state index in [2.05, 4.69) is 20.2 Å². The Morgan fingerprint density at radius 2 is 2.09 bits per heavy atom. The van der Waals surface area contributed by atoms with E-state index < -0.39 is 0 Å². The van der Waals surface area contributed by atoms with E-state index in [1.807, 2.05) is 18.2 Å². The quantitative estimate of drug-likeness (QED) is 0.540. The van der Waals surface area contributed by atoms with Crippen molar-refractivity contribution in [3.63, 3.8) is 0 Å². The minimum atomic E-state index is 0.260. The molecule has 0 unspecified atom stereocenters. The molecule has 4 rings (SSSR count). The molecule has 0 amide bonds. The molecule has 0 aliphatic heterocycles. The topological polar surface area (TPSA) is 81.8 Å². The molecule has 7 heteroatoms. The summed E-state index contributed by atoms with van der Waals surface area (Å²) in [5, 5.41) is 10.5. The summed E-state index contributed by atoms with van der Waals surface area (Å²) >= 11 is 1.40. The lowest BCUT2D eigenvalue weighted by Crippen LogP contribution is -1.91. The molecule has 0 N–H and O–H groups in total. The molecule has 4 heterocycles. The third-order valence-electron chi connectivity index (χ3n) is 3.13.